The molecule has 0 bridgehead atoms. The lowest BCUT2D eigenvalue weighted by molar-refractivity contribution is 0.0758. The molecule has 0 radical (unpaired) electrons. The molecule has 1 aromatic rings. The van der Waals surface area contributed by atoms with Crippen LogP contribution in [0.5, 0.6) is 0 Å². The average molecular weight is 220 g/mol. The molecule has 16 heavy (non-hydrogen) atoms. The quantitative estimate of drug-likeness (QED) is 0.844. The molecule has 88 valence electrons. The molecule has 3 unspecified atom stereocenters. The van der Waals surface area contributed by atoms with Gasteiger partial charge in [0.15, 0.2) is 0 Å². The summed E-state index contributed by atoms with van der Waals surface area (Å²) in [5.41, 5.74) is 1.30. The highest BCUT2D eigenvalue weighted by Crippen LogP contribution is 2.24. The van der Waals surface area contributed by atoms with Crippen LogP contribution in [0.1, 0.15) is 25.3 Å². The maximum atomic E-state index is 10.0. The summed E-state index contributed by atoms with van der Waals surface area (Å²) in [4.78, 5) is 0. The Morgan fingerprint density at radius 1 is 1.38 bits per heavy atom. The molecule has 0 spiro atoms. The van der Waals surface area contributed by atoms with Gasteiger partial charge in [-0.05, 0) is 31.7 Å². The molecule has 2 heteroatoms. The summed E-state index contributed by atoms with van der Waals surface area (Å²) in [6.07, 6.45) is 2.88. The second-order valence-electron chi connectivity index (χ2n) is 4.73. The molecular formula is C14H20O2. The van der Waals surface area contributed by atoms with Gasteiger partial charge in [-0.1, -0.05) is 30.3 Å². The Morgan fingerprint density at radius 2 is 2.12 bits per heavy atom. The second kappa shape index (κ2) is 5.46. The number of aliphatic hydroxyl groups is 1. The Morgan fingerprint density at radius 3 is 2.75 bits per heavy atom. The molecule has 0 saturated carbocycles. The lowest BCUT2D eigenvalue weighted by atomic mass is 9.94. The van der Waals surface area contributed by atoms with Crippen molar-refractivity contribution in [1.82, 2.24) is 0 Å². The van der Waals surface area contributed by atoms with E-state index in [1.165, 1.54) is 5.56 Å². The molecular weight excluding hydrogens is 200 g/mol. The van der Waals surface area contributed by atoms with E-state index < -0.39 is 0 Å². The number of aryl methyl sites for hydroxylation is 1. The van der Waals surface area contributed by atoms with Crippen molar-refractivity contribution in [1.29, 1.82) is 0 Å². The Kier molecular flexibility index (Phi) is 3.97. The van der Waals surface area contributed by atoms with E-state index in [1.807, 2.05) is 18.2 Å². The van der Waals surface area contributed by atoms with Gasteiger partial charge >= 0.3 is 0 Å². The first-order chi connectivity index (χ1) is 7.75. The summed E-state index contributed by atoms with van der Waals surface area (Å²) < 4.78 is 5.48. The molecule has 2 rings (SSSR count). The van der Waals surface area contributed by atoms with Crippen LogP contribution < -0.4 is 0 Å². The van der Waals surface area contributed by atoms with Crippen LogP contribution >= 0.6 is 0 Å². The zero-order valence-corrected chi connectivity index (χ0v) is 9.80. The van der Waals surface area contributed by atoms with Gasteiger partial charge in [-0.3, -0.25) is 0 Å². The molecule has 1 aromatic carbocycles. The first-order valence-electron chi connectivity index (χ1n) is 6.09. The summed E-state index contributed by atoms with van der Waals surface area (Å²) in [7, 11) is 0. The van der Waals surface area contributed by atoms with E-state index in [9.17, 15) is 5.11 Å². The highest BCUT2D eigenvalue weighted by molar-refractivity contribution is 5.14. The van der Waals surface area contributed by atoms with Gasteiger partial charge in [0.2, 0.25) is 0 Å². The van der Waals surface area contributed by atoms with Crippen LogP contribution in [-0.2, 0) is 11.2 Å². The molecule has 0 amide bonds. The Balaban J connectivity index is 1.78. The third-order valence-electron chi connectivity index (χ3n) is 3.35. The van der Waals surface area contributed by atoms with Gasteiger partial charge in [0.05, 0.1) is 18.8 Å². The van der Waals surface area contributed by atoms with Gasteiger partial charge in [-0.2, -0.15) is 0 Å². The average Bonchev–Trinajstić information content (AvgIpc) is 2.74. The first kappa shape index (κ1) is 11.6. The van der Waals surface area contributed by atoms with Crippen LogP contribution in [0.3, 0.4) is 0 Å². The summed E-state index contributed by atoms with van der Waals surface area (Å²) in [5, 5.41) is 10.0. The molecule has 0 aliphatic carbocycles. The maximum Gasteiger partial charge on any atom is 0.0594 e. The van der Waals surface area contributed by atoms with Gasteiger partial charge in [-0.25, -0.2) is 0 Å². The number of ether oxygens (including phenoxy) is 1. The highest BCUT2D eigenvalue weighted by atomic mass is 16.5. The fourth-order valence-electron chi connectivity index (χ4n) is 2.31. The fraction of sp³-hybridized carbons (Fsp3) is 0.571. The lowest BCUT2D eigenvalue weighted by Gasteiger charge is -2.16. The van der Waals surface area contributed by atoms with E-state index in [0.717, 1.165) is 25.9 Å². The number of aliphatic hydroxyl groups excluding tert-OH is 1. The van der Waals surface area contributed by atoms with Crippen LogP contribution in [-0.4, -0.2) is 23.9 Å². The van der Waals surface area contributed by atoms with Gasteiger partial charge in [-0.15, -0.1) is 0 Å². The summed E-state index contributed by atoms with van der Waals surface area (Å²) >= 11 is 0. The molecule has 1 N–H and O–H groups in total. The van der Waals surface area contributed by atoms with Gasteiger partial charge in [0.25, 0.3) is 0 Å². The highest BCUT2D eigenvalue weighted by Gasteiger charge is 2.27. The minimum Gasteiger partial charge on any atom is -0.393 e. The molecule has 1 heterocycles. The van der Waals surface area contributed by atoms with Crippen molar-refractivity contribution < 1.29 is 9.84 Å². The van der Waals surface area contributed by atoms with Crippen molar-refractivity contribution in [3.05, 3.63) is 35.9 Å². The van der Waals surface area contributed by atoms with Crippen LogP contribution in [0.2, 0.25) is 0 Å². The maximum absolute atomic E-state index is 10.0. The van der Waals surface area contributed by atoms with E-state index >= 15 is 0 Å². The van der Waals surface area contributed by atoms with E-state index in [2.05, 4.69) is 19.1 Å². The van der Waals surface area contributed by atoms with E-state index in [0.29, 0.717) is 12.0 Å². The van der Waals surface area contributed by atoms with E-state index in [1.54, 1.807) is 0 Å². The van der Waals surface area contributed by atoms with Crippen molar-refractivity contribution in [2.24, 2.45) is 5.92 Å². The largest absolute Gasteiger partial charge is 0.393 e. The summed E-state index contributed by atoms with van der Waals surface area (Å²) in [6, 6.07) is 10.3. The molecule has 1 aliphatic rings. The molecule has 1 fully saturated rings. The summed E-state index contributed by atoms with van der Waals surface area (Å²) in [6.45, 7) is 2.79. The van der Waals surface area contributed by atoms with E-state index in [-0.39, 0.29) is 6.10 Å². The Labute approximate surface area is 97.3 Å². The third-order valence-corrected chi connectivity index (χ3v) is 3.35. The van der Waals surface area contributed by atoms with Crippen LogP contribution in [0, 0.1) is 5.92 Å². The van der Waals surface area contributed by atoms with Crippen molar-refractivity contribution in [3.8, 4) is 0 Å². The van der Waals surface area contributed by atoms with Crippen LogP contribution in [0.4, 0.5) is 0 Å². The van der Waals surface area contributed by atoms with Gasteiger partial charge < -0.3 is 9.84 Å². The fourth-order valence-corrected chi connectivity index (χ4v) is 2.31. The molecule has 1 aliphatic heterocycles. The smallest absolute Gasteiger partial charge is 0.0594 e. The minimum absolute atomic E-state index is 0.217. The molecule has 2 nitrogen and oxygen atoms in total. The van der Waals surface area contributed by atoms with E-state index in [4.69, 9.17) is 4.74 Å². The zero-order chi connectivity index (χ0) is 11.4. The van der Waals surface area contributed by atoms with Crippen molar-refractivity contribution in [2.75, 3.05) is 6.61 Å². The molecule has 1 saturated heterocycles. The minimum atomic E-state index is -0.217. The Hall–Kier alpha value is -0.860. The number of hydrogen-bond acceptors (Lipinski definition) is 2. The van der Waals surface area contributed by atoms with Gasteiger partial charge in [0.1, 0.15) is 0 Å². The standard InChI is InChI=1S/C14H20O2/c1-11-9-13(10-16-11)14(15)8-7-12-5-3-2-4-6-12/h2-6,11,13-15H,7-10H2,1H3. The zero-order valence-electron chi connectivity index (χ0n) is 9.80. The predicted octanol–water partition coefficient (Wildman–Crippen LogP) is 2.41. The normalized spacial score (nSPS) is 26.9. The Bertz CT molecular complexity index is 310. The van der Waals surface area contributed by atoms with Crippen molar-refractivity contribution in [3.63, 3.8) is 0 Å². The predicted molar refractivity (Wildman–Crippen MR) is 64.3 cm³/mol. The molecule has 0 aromatic heterocycles. The third kappa shape index (κ3) is 3.06. The van der Waals surface area contributed by atoms with Crippen LogP contribution in [0.15, 0.2) is 30.3 Å². The lowest BCUT2D eigenvalue weighted by Crippen LogP contribution is -2.21. The summed E-state index contributed by atoms with van der Waals surface area (Å²) in [5.74, 6) is 0.332. The number of benzene rings is 1. The first-order valence-corrected chi connectivity index (χ1v) is 6.09. The molecule has 3 atom stereocenters. The number of rotatable bonds is 4. The van der Waals surface area contributed by atoms with Crippen LogP contribution in [0.25, 0.3) is 0 Å². The number of hydrogen-bond donors (Lipinski definition) is 1. The van der Waals surface area contributed by atoms with Gasteiger partial charge in [0, 0.05) is 5.92 Å². The topological polar surface area (TPSA) is 29.5 Å². The SMILES string of the molecule is CC1CC(C(O)CCc2ccccc2)CO1. The van der Waals surface area contributed by atoms with Crippen molar-refractivity contribution >= 4 is 0 Å². The monoisotopic (exact) mass is 220 g/mol. The second-order valence-corrected chi connectivity index (χ2v) is 4.73. The van der Waals surface area contributed by atoms with Crippen molar-refractivity contribution in [2.45, 2.75) is 38.4 Å².